The third-order valence-electron chi connectivity index (χ3n) is 5.16. The predicted molar refractivity (Wildman–Crippen MR) is 84.2 cm³/mol. The minimum Gasteiger partial charge on any atom is -0.374 e. The van der Waals surface area contributed by atoms with Crippen LogP contribution in [0, 0.1) is 0 Å². The maximum Gasteiger partial charge on any atom is 0.0829 e. The van der Waals surface area contributed by atoms with E-state index in [-0.39, 0.29) is 0 Å². The van der Waals surface area contributed by atoms with E-state index < -0.39 is 0 Å². The molecule has 0 saturated carbocycles. The molecule has 0 bridgehead atoms. The lowest BCUT2D eigenvalue weighted by Gasteiger charge is -2.39. The van der Waals surface area contributed by atoms with E-state index in [0.717, 1.165) is 39.3 Å². The molecule has 1 unspecified atom stereocenters. The molecule has 0 aliphatic carbocycles. The second kappa shape index (κ2) is 7.74. The molecule has 0 radical (unpaired) electrons. The number of hydrogen-bond donors (Lipinski definition) is 1. The van der Waals surface area contributed by atoms with Gasteiger partial charge in [0.05, 0.1) is 12.7 Å². The van der Waals surface area contributed by atoms with Crippen LogP contribution >= 0.6 is 0 Å². The Kier molecular flexibility index (Phi) is 6.27. The van der Waals surface area contributed by atoms with Crippen molar-refractivity contribution >= 4 is 0 Å². The Balaban J connectivity index is 1.90. The third-order valence-corrected chi connectivity index (χ3v) is 5.16. The summed E-state index contributed by atoms with van der Waals surface area (Å²) in [5, 5.41) is 3.79. The van der Waals surface area contributed by atoms with Gasteiger partial charge in [0.2, 0.25) is 0 Å². The van der Waals surface area contributed by atoms with Crippen molar-refractivity contribution < 1.29 is 4.74 Å². The molecule has 4 heteroatoms. The van der Waals surface area contributed by atoms with Crippen molar-refractivity contribution in [3.8, 4) is 0 Å². The minimum absolute atomic E-state index is 0.315. The van der Waals surface area contributed by atoms with Crippen molar-refractivity contribution in [3.05, 3.63) is 0 Å². The van der Waals surface area contributed by atoms with Crippen LogP contribution in [0.3, 0.4) is 0 Å². The van der Waals surface area contributed by atoms with Crippen molar-refractivity contribution in [2.45, 2.75) is 51.7 Å². The van der Waals surface area contributed by atoms with Gasteiger partial charge in [0.1, 0.15) is 0 Å². The third kappa shape index (κ3) is 4.17. The lowest BCUT2D eigenvalue weighted by Crippen LogP contribution is -2.53. The topological polar surface area (TPSA) is 27.7 Å². The number of rotatable bonds is 5. The molecule has 0 aromatic rings. The standard InChI is InChI=1S/C16H33N3O/c1-4-16(5-2)14-19(9-7-8-17-16)13-15-12-18(6-3)10-11-20-15/h15,17H,4-14H2,1-3H3. The summed E-state index contributed by atoms with van der Waals surface area (Å²) in [5.41, 5.74) is 0.315. The Hall–Kier alpha value is -0.160. The van der Waals surface area contributed by atoms with Crippen LogP contribution in [0.2, 0.25) is 0 Å². The van der Waals surface area contributed by atoms with Crippen LogP contribution in [-0.4, -0.2) is 73.9 Å². The van der Waals surface area contributed by atoms with Crippen molar-refractivity contribution in [1.29, 1.82) is 0 Å². The maximum atomic E-state index is 5.99. The van der Waals surface area contributed by atoms with Gasteiger partial charge in [-0.05, 0) is 38.9 Å². The average molecular weight is 283 g/mol. The normalized spacial score (nSPS) is 29.2. The van der Waals surface area contributed by atoms with Gasteiger partial charge >= 0.3 is 0 Å². The molecule has 2 aliphatic heterocycles. The van der Waals surface area contributed by atoms with Crippen molar-refractivity contribution in [2.24, 2.45) is 0 Å². The first kappa shape index (κ1) is 16.2. The quantitative estimate of drug-likeness (QED) is 0.829. The zero-order valence-electron chi connectivity index (χ0n) is 13.7. The number of likely N-dealkylation sites (N-methyl/N-ethyl adjacent to an activating group) is 1. The van der Waals surface area contributed by atoms with Gasteiger partial charge < -0.3 is 10.1 Å². The van der Waals surface area contributed by atoms with E-state index in [0.29, 0.717) is 11.6 Å². The molecule has 0 amide bonds. The summed E-state index contributed by atoms with van der Waals surface area (Å²) >= 11 is 0. The van der Waals surface area contributed by atoms with Crippen LogP contribution in [0.25, 0.3) is 0 Å². The predicted octanol–water partition coefficient (Wildman–Crippen LogP) is 1.56. The molecule has 1 atom stereocenters. The highest BCUT2D eigenvalue weighted by atomic mass is 16.5. The average Bonchev–Trinajstić information content (AvgIpc) is 2.70. The number of morpholine rings is 1. The second-order valence-electron chi connectivity index (χ2n) is 6.39. The smallest absolute Gasteiger partial charge is 0.0829 e. The number of nitrogens with one attached hydrogen (secondary N) is 1. The monoisotopic (exact) mass is 283 g/mol. The van der Waals surface area contributed by atoms with Gasteiger partial charge in [-0.2, -0.15) is 0 Å². The van der Waals surface area contributed by atoms with Crippen molar-refractivity contribution in [2.75, 3.05) is 52.4 Å². The van der Waals surface area contributed by atoms with E-state index >= 15 is 0 Å². The largest absolute Gasteiger partial charge is 0.374 e. The second-order valence-corrected chi connectivity index (χ2v) is 6.39. The van der Waals surface area contributed by atoms with Gasteiger partial charge in [0, 0.05) is 31.7 Å². The molecule has 0 aromatic heterocycles. The molecule has 118 valence electrons. The molecule has 2 aliphatic rings. The Labute approximate surface area is 124 Å². The summed E-state index contributed by atoms with van der Waals surface area (Å²) in [5.74, 6) is 0. The highest BCUT2D eigenvalue weighted by Crippen LogP contribution is 2.20. The first-order chi connectivity index (χ1) is 9.71. The zero-order valence-corrected chi connectivity index (χ0v) is 13.7. The van der Waals surface area contributed by atoms with Gasteiger partial charge in [0.15, 0.2) is 0 Å². The SMILES string of the molecule is CCN1CCOC(CN2CCCNC(CC)(CC)C2)C1. The Morgan fingerprint density at radius 1 is 1.15 bits per heavy atom. The van der Waals surface area contributed by atoms with E-state index in [1.807, 2.05) is 0 Å². The number of ether oxygens (including phenoxy) is 1. The van der Waals surface area contributed by atoms with Crippen LogP contribution in [0.1, 0.15) is 40.0 Å². The van der Waals surface area contributed by atoms with Crippen LogP contribution < -0.4 is 5.32 Å². The molecule has 2 saturated heterocycles. The van der Waals surface area contributed by atoms with Crippen LogP contribution in [-0.2, 0) is 4.74 Å². The molecule has 2 fully saturated rings. The fraction of sp³-hybridized carbons (Fsp3) is 1.00. The van der Waals surface area contributed by atoms with Gasteiger partial charge in [-0.1, -0.05) is 20.8 Å². The molecule has 4 nitrogen and oxygen atoms in total. The Morgan fingerprint density at radius 3 is 2.65 bits per heavy atom. The van der Waals surface area contributed by atoms with E-state index in [4.69, 9.17) is 4.74 Å². The van der Waals surface area contributed by atoms with Gasteiger partial charge in [0.25, 0.3) is 0 Å². The molecule has 2 rings (SSSR count). The number of hydrogen-bond acceptors (Lipinski definition) is 4. The summed E-state index contributed by atoms with van der Waals surface area (Å²) in [6, 6.07) is 0. The van der Waals surface area contributed by atoms with E-state index in [1.54, 1.807) is 0 Å². The summed E-state index contributed by atoms with van der Waals surface area (Å²) < 4.78 is 5.99. The van der Waals surface area contributed by atoms with Gasteiger partial charge in [-0.25, -0.2) is 0 Å². The molecule has 0 aromatic carbocycles. The molecule has 20 heavy (non-hydrogen) atoms. The highest BCUT2D eigenvalue weighted by Gasteiger charge is 2.31. The van der Waals surface area contributed by atoms with E-state index in [2.05, 4.69) is 35.9 Å². The summed E-state index contributed by atoms with van der Waals surface area (Å²) in [7, 11) is 0. The van der Waals surface area contributed by atoms with Crippen LogP contribution in [0.4, 0.5) is 0 Å². The minimum atomic E-state index is 0.315. The lowest BCUT2D eigenvalue weighted by molar-refractivity contribution is -0.0436. The van der Waals surface area contributed by atoms with E-state index in [1.165, 1.54) is 32.4 Å². The maximum absolute atomic E-state index is 5.99. The van der Waals surface area contributed by atoms with Crippen LogP contribution in [0.5, 0.6) is 0 Å². The molecule has 0 spiro atoms. The van der Waals surface area contributed by atoms with E-state index in [9.17, 15) is 0 Å². The van der Waals surface area contributed by atoms with Gasteiger partial charge in [-0.15, -0.1) is 0 Å². The first-order valence-electron chi connectivity index (χ1n) is 8.52. The summed E-state index contributed by atoms with van der Waals surface area (Å²) in [6.07, 6.45) is 4.08. The fourth-order valence-electron chi connectivity index (χ4n) is 3.56. The Bertz CT molecular complexity index is 281. The molecule has 2 heterocycles. The lowest BCUT2D eigenvalue weighted by atomic mass is 9.92. The van der Waals surface area contributed by atoms with Crippen molar-refractivity contribution in [1.82, 2.24) is 15.1 Å². The summed E-state index contributed by atoms with van der Waals surface area (Å²) in [6.45, 7) is 15.8. The first-order valence-corrected chi connectivity index (χ1v) is 8.52. The fourth-order valence-corrected chi connectivity index (χ4v) is 3.56. The number of nitrogens with zero attached hydrogens (tertiary/aromatic N) is 2. The van der Waals surface area contributed by atoms with Crippen molar-refractivity contribution in [3.63, 3.8) is 0 Å². The molecule has 1 N–H and O–H groups in total. The summed E-state index contributed by atoms with van der Waals surface area (Å²) in [4.78, 5) is 5.15. The highest BCUT2D eigenvalue weighted by molar-refractivity contribution is 4.92. The van der Waals surface area contributed by atoms with Gasteiger partial charge in [-0.3, -0.25) is 9.80 Å². The zero-order chi connectivity index (χ0) is 14.4. The van der Waals surface area contributed by atoms with Crippen LogP contribution in [0.15, 0.2) is 0 Å². The molecular weight excluding hydrogens is 250 g/mol. The molecular formula is C16H33N3O. The Morgan fingerprint density at radius 2 is 1.95 bits per heavy atom.